The van der Waals surface area contributed by atoms with E-state index in [0.717, 1.165) is 16.7 Å². The summed E-state index contributed by atoms with van der Waals surface area (Å²) in [7, 11) is 0.898. The average molecular weight is 483 g/mol. The van der Waals surface area contributed by atoms with Crippen LogP contribution in [0.5, 0.6) is 11.5 Å². The van der Waals surface area contributed by atoms with E-state index < -0.39 is 10.0 Å². The van der Waals surface area contributed by atoms with Crippen molar-refractivity contribution in [3.63, 3.8) is 0 Å². The topological polar surface area (TPSA) is 84.9 Å². The first-order valence-electron chi connectivity index (χ1n) is 10.7. The normalized spacial score (nSPS) is 11.1. The van der Waals surface area contributed by atoms with E-state index in [0.29, 0.717) is 29.3 Å². The molecule has 0 heterocycles. The summed E-state index contributed by atoms with van der Waals surface area (Å²) in [4.78, 5) is 14.7. The summed E-state index contributed by atoms with van der Waals surface area (Å²) in [5, 5.41) is 0. The molecule has 0 bridgehead atoms. The van der Waals surface area contributed by atoms with Gasteiger partial charge in [-0.3, -0.25) is 9.52 Å². The molecule has 180 valence electrons. The molecular formula is C26H30N2O5S. The van der Waals surface area contributed by atoms with Crippen molar-refractivity contribution in [1.29, 1.82) is 0 Å². The maximum Gasteiger partial charge on any atom is 0.262 e. The van der Waals surface area contributed by atoms with E-state index >= 15 is 0 Å². The van der Waals surface area contributed by atoms with Crippen LogP contribution in [0.15, 0.2) is 59.5 Å². The number of sulfonamides is 1. The third-order valence-electron chi connectivity index (χ3n) is 5.70. The Hall–Kier alpha value is -3.52. The van der Waals surface area contributed by atoms with Gasteiger partial charge in [0.15, 0.2) is 11.5 Å². The number of aryl methyl sites for hydroxylation is 3. The molecular weight excluding hydrogens is 452 g/mol. The zero-order chi connectivity index (χ0) is 25.0. The van der Waals surface area contributed by atoms with Crippen molar-refractivity contribution in [2.45, 2.75) is 32.2 Å². The van der Waals surface area contributed by atoms with Crippen LogP contribution in [-0.2, 0) is 16.6 Å². The zero-order valence-electron chi connectivity index (χ0n) is 20.3. The summed E-state index contributed by atoms with van der Waals surface area (Å²) in [6.45, 7) is 5.91. The molecule has 3 aromatic carbocycles. The monoisotopic (exact) mass is 482 g/mol. The number of hydrogen-bond donors (Lipinski definition) is 1. The van der Waals surface area contributed by atoms with Gasteiger partial charge in [0.05, 0.1) is 19.1 Å². The maximum absolute atomic E-state index is 13.1. The van der Waals surface area contributed by atoms with Crippen molar-refractivity contribution in [2.75, 3.05) is 26.0 Å². The molecule has 0 unspecified atom stereocenters. The second kappa shape index (κ2) is 10.2. The summed E-state index contributed by atoms with van der Waals surface area (Å²) in [6.07, 6.45) is 0. The summed E-state index contributed by atoms with van der Waals surface area (Å²) in [5.74, 6) is 0.879. The van der Waals surface area contributed by atoms with Crippen LogP contribution >= 0.6 is 0 Å². The predicted octanol–water partition coefficient (Wildman–Crippen LogP) is 4.70. The standard InChI is InChI=1S/C26H30N2O5S/c1-17-8-11-22(13-19(17)3)27-34(30,31)25-15-21(10-7-18(25)2)26(29)28(4)16-20-9-12-23(32-5)24(14-20)33-6/h7-15,27H,16H2,1-6H3. The summed E-state index contributed by atoms with van der Waals surface area (Å²) < 4.78 is 39.5. The minimum absolute atomic E-state index is 0.0658. The number of carbonyl (C=O) groups excluding carboxylic acids is 1. The van der Waals surface area contributed by atoms with Crippen LogP contribution in [0.3, 0.4) is 0 Å². The van der Waals surface area contributed by atoms with Crippen molar-refractivity contribution in [3.05, 3.63) is 82.4 Å². The first-order chi connectivity index (χ1) is 16.1. The Kier molecular flexibility index (Phi) is 7.51. The Morgan fingerprint density at radius 2 is 1.53 bits per heavy atom. The second-order valence-electron chi connectivity index (χ2n) is 8.24. The molecule has 1 amide bonds. The van der Waals surface area contributed by atoms with Crippen LogP contribution in [0.4, 0.5) is 5.69 Å². The van der Waals surface area contributed by atoms with Crippen molar-refractivity contribution in [2.24, 2.45) is 0 Å². The number of hydrogen-bond acceptors (Lipinski definition) is 5. The van der Waals surface area contributed by atoms with E-state index in [1.807, 2.05) is 26.0 Å². The van der Waals surface area contributed by atoms with Crippen LogP contribution in [-0.4, -0.2) is 40.5 Å². The Morgan fingerprint density at radius 1 is 0.853 bits per heavy atom. The number of rotatable bonds is 8. The minimum atomic E-state index is -3.88. The highest BCUT2D eigenvalue weighted by Gasteiger charge is 2.21. The van der Waals surface area contributed by atoms with Crippen LogP contribution < -0.4 is 14.2 Å². The number of carbonyl (C=O) groups is 1. The number of amides is 1. The number of benzene rings is 3. The van der Waals surface area contributed by atoms with Gasteiger partial charge < -0.3 is 14.4 Å². The van der Waals surface area contributed by atoms with Gasteiger partial charge in [0.2, 0.25) is 0 Å². The molecule has 0 saturated carbocycles. The highest BCUT2D eigenvalue weighted by Crippen LogP contribution is 2.28. The predicted molar refractivity (Wildman–Crippen MR) is 133 cm³/mol. The van der Waals surface area contributed by atoms with Gasteiger partial charge in [-0.2, -0.15) is 0 Å². The lowest BCUT2D eigenvalue weighted by Gasteiger charge is -2.19. The SMILES string of the molecule is COc1ccc(CN(C)C(=O)c2ccc(C)c(S(=O)(=O)Nc3ccc(C)c(C)c3)c2)cc1OC. The molecule has 0 atom stereocenters. The van der Waals surface area contributed by atoms with E-state index in [2.05, 4.69) is 4.72 Å². The van der Waals surface area contributed by atoms with E-state index in [4.69, 9.17) is 9.47 Å². The molecule has 0 aliphatic heterocycles. The molecule has 0 aromatic heterocycles. The Balaban J connectivity index is 1.84. The summed E-state index contributed by atoms with van der Waals surface area (Å²) in [6, 6.07) is 15.5. The Bertz CT molecular complexity index is 1320. The smallest absolute Gasteiger partial charge is 0.262 e. The Labute approximate surface area is 201 Å². The number of methoxy groups -OCH3 is 2. The third kappa shape index (κ3) is 5.51. The molecule has 8 heteroatoms. The van der Waals surface area contributed by atoms with Gasteiger partial charge in [-0.05, 0) is 79.4 Å². The highest BCUT2D eigenvalue weighted by atomic mass is 32.2. The first-order valence-corrected chi connectivity index (χ1v) is 12.2. The van der Waals surface area contributed by atoms with E-state index in [1.165, 1.54) is 11.0 Å². The number of nitrogens with zero attached hydrogens (tertiary/aromatic N) is 1. The second-order valence-corrected chi connectivity index (χ2v) is 9.89. The van der Waals surface area contributed by atoms with Gasteiger partial charge in [0.25, 0.3) is 15.9 Å². The fourth-order valence-corrected chi connectivity index (χ4v) is 4.90. The van der Waals surface area contributed by atoms with Gasteiger partial charge in [-0.25, -0.2) is 8.42 Å². The lowest BCUT2D eigenvalue weighted by atomic mass is 10.1. The molecule has 0 aliphatic carbocycles. The molecule has 34 heavy (non-hydrogen) atoms. The molecule has 1 N–H and O–H groups in total. The summed E-state index contributed by atoms with van der Waals surface area (Å²) in [5.41, 5.74) is 4.22. The molecule has 0 spiro atoms. The van der Waals surface area contributed by atoms with Gasteiger partial charge >= 0.3 is 0 Å². The zero-order valence-corrected chi connectivity index (χ0v) is 21.1. The molecule has 0 saturated heterocycles. The van der Waals surface area contributed by atoms with Crippen molar-refractivity contribution < 1.29 is 22.7 Å². The highest BCUT2D eigenvalue weighted by molar-refractivity contribution is 7.92. The first kappa shape index (κ1) is 25.1. The quantitative estimate of drug-likeness (QED) is 0.503. The van der Waals surface area contributed by atoms with E-state index in [-0.39, 0.29) is 16.4 Å². The molecule has 3 aromatic rings. The van der Waals surface area contributed by atoms with Gasteiger partial charge in [0, 0.05) is 24.8 Å². The van der Waals surface area contributed by atoms with Crippen molar-refractivity contribution in [1.82, 2.24) is 4.90 Å². The van der Waals surface area contributed by atoms with Gasteiger partial charge in [-0.1, -0.05) is 18.2 Å². The number of anilines is 1. The average Bonchev–Trinajstić information content (AvgIpc) is 2.80. The fourth-order valence-electron chi connectivity index (χ4n) is 3.58. The molecule has 3 rings (SSSR count). The lowest BCUT2D eigenvalue weighted by molar-refractivity contribution is 0.0784. The fraction of sp³-hybridized carbons (Fsp3) is 0.269. The Morgan fingerprint density at radius 3 is 2.18 bits per heavy atom. The largest absolute Gasteiger partial charge is 0.493 e. The van der Waals surface area contributed by atoms with E-state index in [9.17, 15) is 13.2 Å². The van der Waals surface area contributed by atoms with Gasteiger partial charge in [-0.15, -0.1) is 0 Å². The van der Waals surface area contributed by atoms with Crippen molar-refractivity contribution >= 4 is 21.6 Å². The maximum atomic E-state index is 13.1. The minimum Gasteiger partial charge on any atom is -0.493 e. The molecule has 0 aliphatic rings. The van der Waals surface area contributed by atoms with Crippen LogP contribution in [0.25, 0.3) is 0 Å². The lowest BCUT2D eigenvalue weighted by Crippen LogP contribution is -2.26. The van der Waals surface area contributed by atoms with Crippen LogP contribution in [0, 0.1) is 20.8 Å². The summed E-state index contributed by atoms with van der Waals surface area (Å²) >= 11 is 0. The number of nitrogens with one attached hydrogen (secondary N) is 1. The van der Waals surface area contributed by atoms with Crippen LogP contribution in [0.2, 0.25) is 0 Å². The van der Waals surface area contributed by atoms with Gasteiger partial charge in [0.1, 0.15) is 0 Å². The third-order valence-corrected chi connectivity index (χ3v) is 7.22. The van der Waals surface area contributed by atoms with E-state index in [1.54, 1.807) is 64.6 Å². The van der Waals surface area contributed by atoms with Crippen molar-refractivity contribution in [3.8, 4) is 11.5 Å². The molecule has 0 fully saturated rings. The van der Waals surface area contributed by atoms with Crippen LogP contribution in [0.1, 0.15) is 32.6 Å². The molecule has 7 nitrogen and oxygen atoms in total. The number of ether oxygens (including phenoxy) is 2. The molecule has 0 radical (unpaired) electrons.